The Labute approximate surface area is 159 Å². The van der Waals surface area contributed by atoms with Gasteiger partial charge in [-0.15, -0.1) is 0 Å². The molecule has 142 valence electrons. The van der Waals surface area contributed by atoms with Crippen LogP contribution in [0, 0.1) is 5.92 Å². The van der Waals surface area contributed by atoms with Crippen LogP contribution >= 0.6 is 0 Å². The fourth-order valence-electron chi connectivity index (χ4n) is 3.44. The Morgan fingerprint density at radius 3 is 2.52 bits per heavy atom. The van der Waals surface area contributed by atoms with Crippen LogP contribution in [0.15, 0.2) is 36.7 Å². The molecule has 1 aliphatic carbocycles. The molecule has 7 nitrogen and oxygen atoms in total. The molecule has 0 atom stereocenters. The molecule has 7 heteroatoms. The highest BCUT2D eigenvalue weighted by Gasteiger charge is 2.26. The van der Waals surface area contributed by atoms with E-state index >= 15 is 0 Å². The van der Waals surface area contributed by atoms with Crippen LogP contribution in [0.1, 0.15) is 28.9 Å². The van der Waals surface area contributed by atoms with Gasteiger partial charge in [-0.2, -0.15) is 0 Å². The zero-order valence-corrected chi connectivity index (χ0v) is 15.5. The van der Waals surface area contributed by atoms with Crippen molar-refractivity contribution in [3.05, 3.63) is 47.9 Å². The van der Waals surface area contributed by atoms with Gasteiger partial charge in [0.15, 0.2) is 0 Å². The van der Waals surface area contributed by atoms with Crippen molar-refractivity contribution in [2.45, 2.75) is 19.4 Å². The molecule has 2 fully saturated rings. The van der Waals surface area contributed by atoms with Crippen LogP contribution in [0.5, 0.6) is 0 Å². The van der Waals surface area contributed by atoms with Gasteiger partial charge in [0.25, 0.3) is 5.91 Å². The molecular weight excluding hydrogens is 340 g/mol. The molecule has 1 aromatic carbocycles. The zero-order chi connectivity index (χ0) is 18.6. The second-order valence-electron chi connectivity index (χ2n) is 7.40. The first kappa shape index (κ1) is 17.7. The van der Waals surface area contributed by atoms with E-state index in [9.17, 15) is 4.79 Å². The van der Waals surface area contributed by atoms with Crippen molar-refractivity contribution in [2.24, 2.45) is 11.7 Å². The molecule has 0 radical (unpaired) electrons. The van der Waals surface area contributed by atoms with Crippen LogP contribution in [0.25, 0.3) is 0 Å². The summed E-state index contributed by atoms with van der Waals surface area (Å²) >= 11 is 0. The first-order valence-electron chi connectivity index (χ1n) is 9.59. The van der Waals surface area contributed by atoms with Crippen molar-refractivity contribution in [1.29, 1.82) is 0 Å². The number of carbonyl (C=O) groups excluding carboxylic acids is 1. The third-order valence-electron chi connectivity index (χ3n) is 5.25. The monoisotopic (exact) mass is 366 g/mol. The van der Waals surface area contributed by atoms with Gasteiger partial charge in [0.2, 0.25) is 0 Å². The highest BCUT2D eigenvalue weighted by Crippen LogP contribution is 2.30. The standard InChI is InChI=1S/C20H26N6O/c21-20(27)18-12-22-13-19(24-18)23-11-15-3-5-17(6-4-15)26-9-7-25(8-10-26)14-16-1-2-16/h3-6,12-13,16H,1-2,7-11,14H2,(H2,21,27)(H,23,24). The van der Waals surface area contributed by atoms with Gasteiger partial charge in [-0.1, -0.05) is 12.1 Å². The van der Waals surface area contributed by atoms with Crippen LogP contribution in [-0.4, -0.2) is 53.5 Å². The fraction of sp³-hybridized carbons (Fsp3) is 0.450. The van der Waals surface area contributed by atoms with E-state index in [2.05, 4.69) is 49.4 Å². The maximum absolute atomic E-state index is 11.2. The Morgan fingerprint density at radius 2 is 1.85 bits per heavy atom. The van der Waals surface area contributed by atoms with E-state index in [1.165, 1.54) is 31.3 Å². The Morgan fingerprint density at radius 1 is 1.11 bits per heavy atom. The lowest BCUT2D eigenvalue weighted by atomic mass is 10.1. The number of benzene rings is 1. The van der Waals surface area contributed by atoms with E-state index in [0.29, 0.717) is 12.4 Å². The molecule has 2 heterocycles. The molecule has 0 bridgehead atoms. The van der Waals surface area contributed by atoms with Crippen molar-refractivity contribution in [1.82, 2.24) is 14.9 Å². The first-order valence-corrected chi connectivity index (χ1v) is 9.59. The normalized spacial score (nSPS) is 17.7. The summed E-state index contributed by atoms with van der Waals surface area (Å²) in [6.45, 7) is 6.42. The van der Waals surface area contributed by atoms with Gasteiger partial charge in [0.1, 0.15) is 11.5 Å². The molecule has 1 saturated heterocycles. The summed E-state index contributed by atoms with van der Waals surface area (Å²) in [5.74, 6) is 0.937. The van der Waals surface area contributed by atoms with Crippen molar-refractivity contribution in [3.8, 4) is 0 Å². The van der Waals surface area contributed by atoms with E-state index in [1.54, 1.807) is 6.20 Å². The molecule has 0 spiro atoms. The number of aromatic nitrogens is 2. The highest BCUT2D eigenvalue weighted by molar-refractivity contribution is 5.90. The number of nitrogens with zero attached hydrogens (tertiary/aromatic N) is 4. The third-order valence-corrected chi connectivity index (χ3v) is 5.25. The number of carbonyl (C=O) groups is 1. The lowest BCUT2D eigenvalue weighted by Gasteiger charge is -2.36. The maximum atomic E-state index is 11.2. The summed E-state index contributed by atoms with van der Waals surface area (Å²) in [5, 5.41) is 3.18. The average molecular weight is 366 g/mol. The highest BCUT2D eigenvalue weighted by atomic mass is 16.1. The molecule has 2 aliphatic rings. The fourth-order valence-corrected chi connectivity index (χ4v) is 3.44. The van der Waals surface area contributed by atoms with Crippen LogP contribution in [0.3, 0.4) is 0 Å². The molecular formula is C20H26N6O. The summed E-state index contributed by atoms with van der Waals surface area (Å²) in [6, 6.07) is 8.62. The number of rotatable bonds is 7. The predicted octanol–water partition coefficient (Wildman–Crippen LogP) is 1.72. The van der Waals surface area contributed by atoms with Crippen molar-refractivity contribution in [3.63, 3.8) is 0 Å². The number of anilines is 2. The minimum Gasteiger partial charge on any atom is -0.369 e. The smallest absolute Gasteiger partial charge is 0.268 e. The van der Waals surface area contributed by atoms with Crippen LogP contribution < -0.4 is 16.0 Å². The zero-order valence-electron chi connectivity index (χ0n) is 15.5. The molecule has 1 saturated carbocycles. The molecule has 27 heavy (non-hydrogen) atoms. The third kappa shape index (κ3) is 4.74. The first-order chi connectivity index (χ1) is 13.2. The van der Waals surface area contributed by atoms with Crippen molar-refractivity contribution < 1.29 is 4.79 Å². The van der Waals surface area contributed by atoms with Crippen LogP contribution in [0.4, 0.5) is 11.5 Å². The van der Waals surface area contributed by atoms with Gasteiger partial charge in [-0.05, 0) is 36.5 Å². The van der Waals surface area contributed by atoms with Crippen molar-refractivity contribution >= 4 is 17.4 Å². The van der Waals surface area contributed by atoms with Gasteiger partial charge in [0.05, 0.1) is 12.4 Å². The summed E-state index contributed by atoms with van der Waals surface area (Å²) < 4.78 is 0. The van der Waals surface area contributed by atoms with Crippen LogP contribution in [-0.2, 0) is 6.54 Å². The van der Waals surface area contributed by atoms with E-state index in [0.717, 1.165) is 37.7 Å². The SMILES string of the molecule is NC(=O)c1cncc(NCc2ccc(N3CCN(CC4CC4)CC3)cc2)n1. The summed E-state index contributed by atoms with van der Waals surface area (Å²) in [6.07, 6.45) is 5.80. The van der Waals surface area contributed by atoms with Gasteiger partial charge in [0, 0.05) is 45.0 Å². The largest absolute Gasteiger partial charge is 0.369 e. The average Bonchev–Trinajstić information content (AvgIpc) is 3.52. The molecule has 0 unspecified atom stereocenters. The topological polar surface area (TPSA) is 87.4 Å². The quantitative estimate of drug-likeness (QED) is 0.776. The lowest BCUT2D eigenvalue weighted by Crippen LogP contribution is -2.47. The molecule has 1 aliphatic heterocycles. The number of primary amides is 1. The van der Waals surface area contributed by atoms with Crippen LogP contribution in [0.2, 0.25) is 0 Å². The molecule has 3 N–H and O–H groups in total. The molecule has 1 amide bonds. The van der Waals surface area contributed by atoms with Gasteiger partial charge in [-0.3, -0.25) is 14.7 Å². The summed E-state index contributed by atoms with van der Waals surface area (Å²) in [7, 11) is 0. The second-order valence-corrected chi connectivity index (χ2v) is 7.40. The molecule has 1 aromatic heterocycles. The molecule has 2 aromatic rings. The summed E-state index contributed by atoms with van der Waals surface area (Å²) in [4.78, 5) is 24.4. The molecule has 4 rings (SSSR count). The number of nitrogens with two attached hydrogens (primary N) is 1. The minimum absolute atomic E-state index is 0.163. The van der Waals surface area contributed by atoms with E-state index in [1.807, 2.05) is 0 Å². The van der Waals surface area contributed by atoms with Crippen molar-refractivity contribution in [2.75, 3.05) is 42.9 Å². The minimum atomic E-state index is -0.576. The van der Waals surface area contributed by atoms with E-state index in [-0.39, 0.29) is 5.69 Å². The second kappa shape index (κ2) is 7.92. The number of amides is 1. The number of nitrogens with one attached hydrogen (secondary N) is 1. The number of hydrogen-bond acceptors (Lipinski definition) is 6. The maximum Gasteiger partial charge on any atom is 0.268 e. The van der Waals surface area contributed by atoms with Gasteiger partial charge < -0.3 is 16.0 Å². The Hall–Kier alpha value is -2.67. The summed E-state index contributed by atoms with van der Waals surface area (Å²) in [5.41, 5.74) is 7.83. The van der Waals surface area contributed by atoms with E-state index in [4.69, 9.17) is 5.73 Å². The number of hydrogen-bond donors (Lipinski definition) is 2. The van der Waals surface area contributed by atoms with Gasteiger partial charge in [-0.25, -0.2) is 4.98 Å². The van der Waals surface area contributed by atoms with E-state index < -0.39 is 5.91 Å². The Kier molecular flexibility index (Phi) is 5.20. The number of piperazine rings is 1. The Balaban J connectivity index is 1.28. The Bertz CT molecular complexity index is 781. The lowest BCUT2D eigenvalue weighted by molar-refractivity contribution is 0.0995. The predicted molar refractivity (Wildman–Crippen MR) is 106 cm³/mol. The van der Waals surface area contributed by atoms with Gasteiger partial charge >= 0.3 is 0 Å².